The van der Waals surface area contributed by atoms with E-state index < -0.39 is 18.0 Å². The van der Waals surface area contributed by atoms with Crippen molar-refractivity contribution in [3.05, 3.63) is 50.8 Å². The highest BCUT2D eigenvalue weighted by atomic mass is 16.7. The number of nitrogens with one attached hydrogen (secondary N) is 1. The van der Waals surface area contributed by atoms with Crippen molar-refractivity contribution in [3.8, 4) is 22.9 Å². The van der Waals surface area contributed by atoms with Crippen LogP contribution in [-0.2, 0) is 32.3 Å². The number of ether oxygens (including phenoxy) is 3. The quantitative estimate of drug-likeness (QED) is 0.109. The molecule has 3 aromatic rings. The van der Waals surface area contributed by atoms with E-state index in [2.05, 4.69) is 10.5 Å². The average Bonchev–Trinajstić information content (AvgIpc) is 3.49. The number of nitrogens with two attached hydrogens (primary N) is 1. The average molecular weight is 493 g/mol. The minimum Gasteiger partial charge on any atom is -0.458 e. The van der Waals surface area contributed by atoms with E-state index in [4.69, 9.17) is 29.8 Å². The minimum absolute atomic E-state index is 0.0805. The van der Waals surface area contributed by atoms with Gasteiger partial charge in [-0.25, -0.2) is 9.78 Å². The Morgan fingerprint density at radius 2 is 2.06 bits per heavy atom. The number of aliphatic hydroxyl groups excluding tert-OH is 1. The number of benzene rings is 1. The van der Waals surface area contributed by atoms with Crippen molar-refractivity contribution in [1.29, 1.82) is 0 Å². The molecule has 0 radical (unpaired) electrons. The van der Waals surface area contributed by atoms with Crippen LogP contribution in [0.15, 0.2) is 28.1 Å². The van der Waals surface area contributed by atoms with Crippen molar-refractivity contribution in [2.24, 2.45) is 10.9 Å². The summed E-state index contributed by atoms with van der Waals surface area (Å²) in [6.07, 6.45) is -0.0818. The zero-order valence-corrected chi connectivity index (χ0v) is 18.6. The number of hydrogen-bond acceptors (Lipinski definition) is 11. The van der Waals surface area contributed by atoms with Crippen molar-refractivity contribution in [2.75, 3.05) is 20.1 Å². The van der Waals surface area contributed by atoms with Crippen molar-refractivity contribution >= 4 is 29.0 Å². The molecule has 2 aromatic heterocycles. The van der Waals surface area contributed by atoms with E-state index in [0.717, 1.165) is 0 Å². The fourth-order valence-corrected chi connectivity index (χ4v) is 4.51. The maximum absolute atomic E-state index is 13.3. The molecule has 0 fully saturated rings. The Morgan fingerprint density at radius 3 is 2.86 bits per heavy atom. The monoisotopic (exact) mass is 493 g/mol. The lowest BCUT2D eigenvalue weighted by atomic mass is 9.99. The third kappa shape index (κ3) is 3.36. The predicted molar refractivity (Wildman–Crippen MR) is 122 cm³/mol. The summed E-state index contributed by atoms with van der Waals surface area (Å²) in [5.41, 5.74) is 8.09. The van der Waals surface area contributed by atoms with E-state index >= 15 is 0 Å². The van der Waals surface area contributed by atoms with Gasteiger partial charge in [-0.1, -0.05) is 5.16 Å². The lowest BCUT2D eigenvalue weighted by molar-refractivity contribution is -0.157. The van der Waals surface area contributed by atoms with Crippen LogP contribution in [0.5, 0.6) is 11.5 Å². The number of carbonyl (C=O) groups excluding carboxylic acids is 2. The molecule has 36 heavy (non-hydrogen) atoms. The lowest BCUT2D eigenvalue weighted by Gasteiger charge is -2.21. The van der Waals surface area contributed by atoms with Crippen LogP contribution in [0.2, 0.25) is 0 Å². The maximum atomic E-state index is 13.3. The van der Waals surface area contributed by atoms with E-state index in [-0.39, 0.29) is 49.9 Å². The smallest absolute Gasteiger partial charge is 0.340 e. The molecule has 3 aliphatic rings. The van der Waals surface area contributed by atoms with Gasteiger partial charge in [-0.15, -0.1) is 0 Å². The predicted octanol–water partition coefficient (Wildman–Crippen LogP) is -0.373. The number of pyridine rings is 2. The molecule has 1 aromatic carbocycles. The first-order valence-electron chi connectivity index (χ1n) is 11.0. The van der Waals surface area contributed by atoms with Crippen LogP contribution in [0.4, 0.5) is 0 Å². The Kier molecular flexibility index (Phi) is 5.09. The number of oxime groups is 1. The molecule has 0 aliphatic carbocycles. The number of aromatic nitrogens is 2. The van der Waals surface area contributed by atoms with Crippen LogP contribution < -0.4 is 26.1 Å². The van der Waals surface area contributed by atoms with Gasteiger partial charge in [-0.3, -0.25) is 9.59 Å². The Balaban J connectivity index is 1.49. The van der Waals surface area contributed by atoms with Crippen LogP contribution in [-0.4, -0.2) is 52.8 Å². The number of nitrogens with zero attached hydrogens (tertiary/aromatic N) is 3. The molecule has 0 saturated heterocycles. The molecule has 1 amide bonds. The fourth-order valence-electron chi connectivity index (χ4n) is 4.51. The number of hydrogen-bond donors (Lipinski definition) is 3. The number of rotatable bonds is 5. The molecule has 0 bridgehead atoms. The molecule has 13 nitrogen and oxygen atoms in total. The highest BCUT2D eigenvalue weighted by molar-refractivity contribution is 6.03. The number of cyclic esters (lactones) is 1. The van der Waals surface area contributed by atoms with Crippen LogP contribution in [0.1, 0.15) is 28.4 Å². The summed E-state index contributed by atoms with van der Waals surface area (Å²) in [7, 11) is 0. The molecule has 3 aliphatic heterocycles. The molecule has 1 atom stereocenters. The van der Waals surface area contributed by atoms with Crippen LogP contribution in [0, 0.1) is 0 Å². The Hall–Kier alpha value is -4.49. The summed E-state index contributed by atoms with van der Waals surface area (Å²) < 4.78 is 17.5. The SMILES string of the molecule is NCC(=O)NCO/N=C/c1c2c(nc3cc4c(cc13)OCO4)-c1cc3c(c(=O)n1C2)COC(=O)[C@H]3O. The first kappa shape index (κ1) is 22.0. The van der Waals surface area contributed by atoms with Crippen molar-refractivity contribution in [1.82, 2.24) is 14.9 Å². The Bertz CT molecular complexity index is 1550. The van der Waals surface area contributed by atoms with E-state index in [1.165, 1.54) is 10.8 Å². The van der Waals surface area contributed by atoms with E-state index in [0.29, 0.717) is 44.9 Å². The first-order chi connectivity index (χ1) is 17.5. The third-order valence-electron chi connectivity index (χ3n) is 6.27. The summed E-state index contributed by atoms with van der Waals surface area (Å²) in [6.45, 7) is -0.317. The second-order valence-corrected chi connectivity index (χ2v) is 8.25. The van der Waals surface area contributed by atoms with Crippen molar-refractivity contribution < 1.29 is 33.7 Å². The first-order valence-corrected chi connectivity index (χ1v) is 11.0. The molecule has 0 spiro atoms. The second kappa shape index (κ2) is 8.32. The lowest BCUT2D eigenvalue weighted by Crippen LogP contribution is -2.32. The van der Waals surface area contributed by atoms with Gasteiger partial charge >= 0.3 is 5.97 Å². The Morgan fingerprint density at radius 1 is 1.25 bits per heavy atom. The number of esters is 1. The van der Waals surface area contributed by atoms with E-state index in [1.807, 2.05) is 0 Å². The summed E-state index contributed by atoms with van der Waals surface area (Å²) >= 11 is 0. The fraction of sp³-hybridized carbons (Fsp3) is 0.261. The van der Waals surface area contributed by atoms with Crippen LogP contribution in [0.25, 0.3) is 22.3 Å². The van der Waals surface area contributed by atoms with Gasteiger partial charge in [-0.05, 0) is 12.1 Å². The maximum Gasteiger partial charge on any atom is 0.340 e. The highest BCUT2D eigenvalue weighted by Gasteiger charge is 2.35. The number of fused-ring (bicyclic) bond motifs is 6. The zero-order valence-electron chi connectivity index (χ0n) is 18.6. The van der Waals surface area contributed by atoms with E-state index in [9.17, 15) is 19.5 Å². The van der Waals surface area contributed by atoms with Crippen LogP contribution in [0.3, 0.4) is 0 Å². The minimum atomic E-state index is -1.55. The molecule has 13 heteroatoms. The molecule has 6 rings (SSSR count). The van der Waals surface area contributed by atoms with Crippen molar-refractivity contribution in [2.45, 2.75) is 19.3 Å². The standard InChI is InChI=1S/C23H19N5O8/c24-4-19(29)25-8-36-26-5-12-10-2-17-18(35-9-34-17)3-15(10)27-20-13(12)6-28-16(20)1-11-14(22(28)31)7-33-23(32)21(11)30/h1-3,5,21,30H,4,6-9,24H2,(H,25,29)/b26-5+/t21-/m0/s1. The summed E-state index contributed by atoms with van der Waals surface area (Å²) in [4.78, 5) is 46.4. The third-order valence-corrected chi connectivity index (χ3v) is 6.27. The molecule has 4 N–H and O–H groups in total. The summed E-state index contributed by atoms with van der Waals surface area (Å²) in [6, 6.07) is 5.10. The van der Waals surface area contributed by atoms with Gasteiger partial charge in [0.25, 0.3) is 5.56 Å². The van der Waals surface area contributed by atoms with Gasteiger partial charge in [0.15, 0.2) is 24.3 Å². The number of carbonyl (C=O) groups is 2. The van der Waals surface area contributed by atoms with Gasteiger partial charge in [0.05, 0.1) is 41.8 Å². The topological polar surface area (TPSA) is 177 Å². The van der Waals surface area contributed by atoms with Crippen LogP contribution >= 0.6 is 0 Å². The van der Waals surface area contributed by atoms with Gasteiger partial charge in [-0.2, -0.15) is 0 Å². The molecule has 0 unspecified atom stereocenters. The molecule has 5 heterocycles. The van der Waals surface area contributed by atoms with Gasteiger partial charge < -0.3 is 39.8 Å². The summed E-state index contributed by atoms with van der Waals surface area (Å²) in [5.74, 6) is -0.137. The Labute approximate surface area is 202 Å². The molecule has 0 saturated carbocycles. The van der Waals surface area contributed by atoms with E-state index in [1.54, 1.807) is 18.2 Å². The number of amides is 1. The van der Waals surface area contributed by atoms with Crippen molar-refractivity contribution in [3.63, 3.8) is 0 Å². The van der Waals surface area contributed by atoms with Gasteiger partial charge in [0.2, 0.25) is 12.7 Å². The molecular formula is C23H19N5O8. The highest BCUT2D eigenvalue weighted by Crippen LogP contribution is 2.41. The molecular weight excluding hydrogens is 474 g/mol. The summed E-state index contributed by atoms with van der Waals surface area (Å²) in [5, 5.41) is 17.4. The number of aliphatic hydroxyl groups is 1. The van der Waals surface area contributed by atoms with Gasteiger partial charge in [0, 0.05) is 28.1 Å². The zero-order chi connectivity index (χ0) is 25.0. The normalized spacial score (nSPS) is 17.1. The second-order valence-electron chi connectivity index (χ2n) is 8.25. The van der Waals surface area contributed by atoms with Gasteiger partial charge in [0.1, 0.15) is 6.61 Å². The largest absolute Gasteiger partial charge is 0.458 e. The molecule has 184 valence electrons.